The van der Waals surface area contributed by atoms with Crippen LogP contribution in [0.2, 0.25) is 5.02 Å². The number of anilines is 2. The SMILES string of the molecule is NC(=NO)c1ccc(Nc2ccc(F)c(Cl)c2)c2cc(C(=O)O)[nH]c12. The number of rotatable bonds is 4. The zero-order valence-corrected chi connectivity index (χ0v) is 13.3. The van der Waals surface area contributed by atoms with Crippen LogP contribution in [0.1, 0.15) is 16.1 Å². The maximum atomic E-state index is 13.3. The number of fused-ring (bicyclic) bond motifs is 1. The highest BCUT2D eigenvalue weighted by atomic mass is 35.5. The van der Waals surface area contributed by atoms with Gasteiger partial charge < -0.3 is 26.3 Å². The van der Waals surface area contributed by atoms with Crippen LogP contribution in [0.25, 0.3) is 10.9 Å². The van der Waals surface area contributed by atoms with E-state index in [1.165, 1.54) is 24.3 Å². The van der Waals surface area contributed by atoms with Gasteiger partial charge in [0.25, 0.3) is 0 Å². The Morgan fingerprint density at radius 1 is 1.28 bits per heavy atom. The molecule has 2 aromatic carbocycles. The summed E-state index contributed by atoms with van der Waals surface area (Å²) in [5, 5.41) is 24.5. The molecule has 3 aromatic rings. The molecular formula is C16H12ClFN4O3. The van der Waals surface area contributed by atoms with Gasteiger partial charge in [-0.05, 0) is 36.4 Å². The fourth-order valence-corrected chi connectivity index (χ4v) is 2.62. The summed E-state index contributed by atoms with van der Waals surface area (Å²) < 4.78 is 13.3. The third-order valence-electron chi connectivity index (χ3n) is 3.61. The van der Waals surface area contributed by atoms with Crippen molar-refractivity contribution in [2.24, 2.45) is 10.9 Å². The lowest BCUT2D eigenvalue weighted by atomic mass is 10.1. The predicted octanol–water partition coefficient (Wildman–Crippen LogP) is 3.50. The number of nitrogens with two attached hydrogens (primary N) is 1. The number of carboxylic acid groups (broad SMARTS) is 1. The highest BCUT2D eigenvalue weighted by Gasteiger charge is 2.16. The lowest BCUT2D eigenvalue weighted by molar-refractivity contribution is 0.0691. The summed E-state index contributed by atoms with van der Waals surface area (Å²) in [4.78, 5) is 14.0. The lowest BCUT2D eigenvalue weighted by Crippen LogP contribution is -2.13. The van der Waals surface area contributed by atoms with E-state index in [2.05, 4.69) is 15.5 Å². The number of oxime groups is 1. The van der Waals surface area contributed by atoms with Gasteiger partial charge in [-0.2, -0.15) is 0 Å². The Kier molecular flexibility index (Phi) is 4.20. The first-order chi connectivity index (χ1) is 11.9. The molecule has 3 rings (SSSR count). The highest BCUT2D eigenvalue weighted by molar-refractivity contribution is 6.31. The van der Waals surface area contributed by atoms with Crippen LogP contribution in [-0.2, 0) is 0 Å². The first-order valence-corrected chi connectivity index (χ1v) is 7.37. The molecule has 0 bridgehead atoms. The van der Waals surface area contributed by atoms with Gasteiger partial charge in [0.1, 0.15) is 11.5 Å². The molecular weight excluding hydrogens is 351 g/mol. The molecule has 7 nitrogen and oxygen atoms in total. The molecule has 128 valence electrons. The Labute approximate surface area is 145 Å². The van der Waals surface area contributed by atoms with E-state index in [-0.39, 0.29) is 16.6 Å². The minimum Gasteiger partial charge on any atom is -0.477 e. The van der Waals surface area contributed by atoms with Crippen LogP contribution in [-0.4, -0.2) is 27.1 Å². The number of carbonyl (C=O) groups is 1. The molecule has 6 N–H and O–H groups in total. The number of amidine groups is 1. The Hall–Kier alpha value is -3.26. The average molecular weight is 363 g/mol. The van der Waals surface area contributed by atoms with Crippen LogP contribution in [0.5, 0.6) is 0 Å². The fourth-order valence-electron chi connectivity index (χ4n) is 2.44. The topological polar surface area (TPSA) is 124 Å². The van der Waals surface area contributed by atoms with Gasteiger partial charge in [0.05, 0.1) is 10.5 Å². The van der Waals surface area contributed by atoms with E-state index in [1.54, 1.807) is 12.1 Å². The predicted molar refractivity (Wildman–Crippen MR) is 92.5 cm³/mol. The van der Waals surface area contributed by atoms with Gasteiger partial charge in [0.15, 0.2) is 5.84 Å². The number of carboxylic acids is 1. The monoisotopic (exact) mass is 362 g/mol. The van der Waals surface area contributed by atoms with Crippen molar-refractivity contribution in [1.82, 2.24) is 4.98 Å². The van der Waals surface area contributed by atoms with Gasteiger partial charge in [-0.25, -0.2) is 9.18 Å². The van der Waals surface area contributed by atoms with Crippen molar-refractivity contribution < 1.29 is 19.5 Å². The van der Waals surface area contributed by atoms with Crippen molar-refractivity contribution in [3.05, 3.63) is 58.5 Å². The summed E-state index contributed by atoms with van der Waals surface area (Å²) in [5.74, 6) is -1.87. The second-order valence-corrected chi connectivity index (χ2v) is 5.58. The number of aromatic nitrogens is 1. The molecule has 0 aliphatic heterocycles. The van der Waals surface area contributed by atoms with Crippen molar-refractivity contribution in [1.29, 1.82) is 0 Å². The number of aromatic carboxylic acids is 1. The molecule has 1 aromatic heterocycles. The number of aromatic amines is 1. The average Bonchev–Trinajstić information content (AvgIpc) is 3.04. The summed E-state index contributed by atoms with van der Waals surface area (Å²) in [6.45, 7) is 0. The van der Waals surface area contributed by atoms with Crippen LogP contribution in [0.15, 0.2) is 41.6 Å². The number of halogens is 2. The van der Waals surface area contributed by atoms with Gasteiger partial charge in [-0.1, -0.05) is 16.8 Å². The van der Waals surface area contributed by atoms with Crippen molar-refractivity contribution in [2.45, 2.75) is 0 Å². The van der Waals surface area contributed by atoms with E-state index < -0.39 is 11.8 Å². The van der Waals surface area contributed by atoms with Gasteiger partial charge in [0.2, 0.25) is 0 Å². The smallest absolute Gasteiger partial charge is 0.352 e. The molecule has 0 unspecified atom stereocenters. The molecule has 0 saturated heterocycles. The highest BCUT2D eigenvalue weighted by Crippen LogP contribution is 2.31. The molecule has 0 aliphatic carbocycles. The van der Waals surface area contributed by atoms with Gasteiger partial charge >= 0.3 is 5.97 Å². The van der Waals surface area contributed by atoms with E-state index in [1.807, 2.05) is 0 Å². The largest absolute Gasteiger partial charge is 0.477 e. The molecule has 0 radical (unpaired) electrons. The number of hydrogen-bond donors (Lipinski definition) is 5. The molecule has 0 spiro atoms. The second-order valence-electron chi connectivity index (χ2n) is 5.18. The third kappa shape index (κ3) is 3.07. The minimum atomic E-state index is -1.16. The van der Waals surface area contributed by atoms with E-state index in [0.29, 0.717) is 27.8 Å². The van der Waals surface area contributed by atoms with Gasteiger partial charge in [-0.15, -0.1) is 0 Å². The molecule has 0 atom stereocenters. The molecule has 0 aliphatic rings. The number of nitrogens with zero attached hydrogens (tertiary/aromatic N) is 1. The lowest BCUT2D eigenvalue weighted by Gasteiger charge is -2.10. The zero-order valence-electron chi connectivity index (χ0n) is 12.5. The van der Waals surface area contributed by atoms with Crippen LogP contribution < -0.4 is 11.1 Å². The quantitative estimate of drug-likeness (QED) is 0.210. The summed E-state index contributed by atoms with van der Waals surface area (Å²) in [6.07, 6.45) is 0. The van der Waals surface area contributed by atoms with E-state index >= 15 is 0 Å². The number of benzene rings is 2. The summed E-state index contributed by atoms with van der Waals surface area (Å²) in [5.41, 5.74) is 7.35. The van der Waals surface area contributed by atoms with Crippen LogP contribution in [0.4, 0.5) is 15.8 Å². The van der Waals surface area contributed by atoms with Crippen LogP contribution in [0.3, 0.4) is 0 Å². The van der Waals surface area contributed by atoms with E-state index in [9.17, 15) is 14.3 Å². The third-order valence-corrected chi connectivity index (χ3v) is 3.90. The Morgan fingerprint density at radius 2 is 2.04 bits per heavy atom. The van der Waals surface area contributed by atoms with E-state index in [0.717, 1.165) is 0 Å². The molecule has 0 saturated carbocycles. The van der Waals surface area contributed by atoms with Gasteiger partial charge in [0, 0.05) is 22.3 Å². The Bertz CT molecular complexity index is 1020. The molecule has 0 amide bonds. The number of nitrogens with one attached hydrogen (secondary N) is 2. The maximum Gasteiger partial charge on any atom is 0.352 e. The summed E-state index contributed by atoms with van der Waals surface area (Å²) in [6, 6.07) is 8.73. The number of hydrogen-bond acceptors (Lipinski definition) is 4. The van der Waals surface area contributed by atoms with Crippen molar-refractivity contribution in [3.8, 4) is 0 Å². The number of H-pyrrole nitrogens is 1. The fraction of sp³-hybridized carbons (Fsp3) is 0. The van der Waals surface area contributed by atoms with Crippen LogP contribution >= 0.6 is 11.6 Å². The summed E-state index contributed by atoms with van der Waals surface area (Å²) >= 11 is 5.77. The first-order valence-electron chi connectivity index (χ1n) is 6.99. The van der Waals surface area contributed by atoms with Crippen molar-refractivity contribution >= 4 is 45.7 Å². The standard InChI is InChI=1S/C16H12ClFN4O3/c17-10-5-7(1-3-11(10)18)20-12-4-2-8(15(19)22-25)14-9(12)6-13(21-14)16(23)24/h1-6,20-21,25H,(H2,19,22)(H,23,24). The second kappa shape index (κ2) is 6.33. The van der Waals surface area contributed by atoms with Crippen molar-refractivity contribution in [3.63, 3.8) is 0 Å². The molecule has 25 heavy (non-hydrogen) atoms. The van der Waals surface area contributed by atoms with Crippen molar-refractivity contribution in [2.75, 3.05) is 5.32 Å². The Balaban J connectivity index is 2.15. The van der Waals surface area contributed by atoms with Crippen LogP contribution in [0, 0.1) is 5.82 Å². The zero-order chi connectivity index (χ0) is 18.1. The molecule has 0 fully saturated rings. The molecule has 9 heteroatoms. The van der Waals surface area contributed by atoms with E-state index in [4.69, 9.17) is 22.5 Å². The minimum absolute atomic E-state index is 0.0465. The summed E-state index contributed by atoms with van der Waals surface area (Å²) in [7, 11) is 0. The Morgan fingerprint density at radius 3 is 2.68 bits per heavy atom. The maximum absolute atomic E-state index is 13.3. The van der Waals surface area contributed by atoms with Gasteiger partial charge in [-0.3, -0.25) is 0 Å². The normalized spacial score (nSPS) is 11.7. The first kappa shape index (κ1) is 16.6. The molecule has 1 heterocycles.